The highest BCUT2D eigenvalue weighted by molar-refractivity contribution is 7.71. The van der Waals surface area contributed by atoms with Crippen LogP contribution in [0.5, 0.6) is 5.75 Å². The maximum Gasteiger partial charge on any atom is 0.222 e. The zero-order valence-electron chi connectivity index (χ0n) is 18.2. The van der Waals surface area contributed by atoms with Crippen LogP contribution in [-0.4, -0.2) is 27.3 Å². The molecule has 3 aromatic carbocycles. The molecule has 1 atom stereocenters. The fraction of sp³-hybridized carbons (Fsp3) is 0.240. The summed E-state index contributed by atoms with van der Waals surface area (Å²) in [6.45, 7) is 5.00. The Balaban J connectivity index is 1.41. The molecule has 0 aliphatic rings. The van der Waals surface area contributed by atoms with Gasteiger partial charge in [-0.3, -0.25) is 14.5 Å². The number of nitrogens with one attached hydrogen (secondary N) is 2. The van der Waals surface area contributed by atoms with Gasteiger partial charge >= 0.3 is 0 Å². The average Bonchev–Trinajstić information content (AvgIpc) is 3.18. The van der Waals surface area contributed by atoms with Crippen LogP contribution in [0.25, 0.3) is 22.2 Å². The minimum atomic E-state index is -0.0880. The van der Waals surface area contributed by atoms with Crippen LogP contribution in [0.3, 0.4) is 0 Å². The minimum absolute atomic E-state index is 0.0357. The highest BCUT2D eigenvalue weighted by Crippen LogP contribution is 2.22. The van der Waals surface area contributed by atoms with Crippen molar-refractivity contribution in [2.24, 2.45) is 0 Å². The van der Waals surface area contributed by atoms with E-state index in [1.165, 1.54) is 5.39 Å². The van der Waals surface area contributed by atoms with Crippen LogP contribution >= 0.6 is 12.2 Å². The largest absolute Gasteiger partial charge is 0.494 e. The fourth-order valence-corrected chi connectivity index (χ4v) is 3.92. The summed E-state index contributed by atoms with van der Waals surface area (Å²) in [5.41, 5.74) is 1.98. The standard InChI is InChI=1S/C25H26N4O2S/c1-3-31-22-12-10-19(11-13-22)24-27-28-25(32)29(24)15-14-23(30)26-17(2)20-9-8-18-6-4-5-7-21(18)16-20/h4-13,16-17H,3,14-15H2,1-2H3,(H,26,30)(H,28,32). The fourth-order valence-electron chi connectivity index (χ4n) is 3.70. The van der Waals surface area contributed by atoms with Crippen molar-refractivity contribution in [2.75, 3.05) is 6.61 Å². The Morgan fingerprint density at radius 3 is 2.62 bits per heavy atom. The van der Waals surface area contributed by atoms with Gasteiger partial charge in [-0.15, -0.1) is 0 Å². The Hall–Kier alpha value is -3.45. The number of H-pyrrole nitrogens is 1. The topological polar surface area (TPSA) is 71.9 Å². The van der Waals surface area contributed by atoms with Crippen molar-refractivity contribution in [3.05, 3.63) is 77.1 Å². The van der Waals surface area contributed by atoms with Gasteiger partial charge in [-0.25, -0.2) is 0 Å². The third-order valence-electron chi connectivity index (χ3n) is 5.40. The van der Waals surface area contributed by atoms with Gasteiger partial charge < -0.3 is 10.1 Å². The number of nitrogens with zero attached hydrogens (tertiary/aromatic N) is 2. The maximum absolute atomic E-state index is 12.7. The monoisotopic (exact) mass is 446 g/mol. The van der Waals surface area contributed by atoms with Gasteiger partial charge in [0.1, 0.15) is 5.75 Å². The van der Waals surface area contributed by atoms with Gasteiger partial charge in [0.05, 0.1) is 12.6 Å². The summed E-state index contributed by atoms with van der Waals surface area (Å²) >= 11 is 5.39. The molecule has 4 aromatic rings. The molecule has 0 aliphatic heterocycles. The average molecular weight is 447 g/mol. The number of amides is 1. The van der Waals surface area contributed by atoms with Crippen molar-refractivity contribution in [2.45, 2.75) is 32.9 Å². The molecule has 0 spiro atoms. The van der Waals surface area contributed by atoms with Gasteiger partial charge in [-0.05, 0) is 72.7 Å². The van der Waals surface area contributed by atoms with E-state index in [1.54, 1.807) is 0 Å². The highest BCUT2D eigenvalue weighted by atomic mass is 32.1. The second-order valence-corrected chi connectivity index (χ2v) is 7.99. The molecule has 0 saturated heterocycles. The number of fused-ring (bicyclic) bond motifs is 1. The Morgan fingerprint density at radius 1 is 1.12 bits per heavy atom. The SMILES string of the molecule is CCOc1ccc(-c2n[nH]c(=S)n2CCC(=O)NC(C)c2ccc3ccccc3c2)cc1. The lowest BCUT2D eigenvalue weighted by atomic mass is 10.0. The number of rotatable bonds is 8. The molecule has 7 heteroatoms. The molecule has 1 amide bonds. The Morgan fingerprint density at radius 2 is 1.88 bits per heavy atom. The zero-order chi connectivity index (χ0) is 22.5. The van der Waals surface area contributed by atoms with E-state index in [2.05, 4.69) is 45.8 Å². The van der Waals surface area contributed by atoms with Crippen molar-refractivity contribution >= 4 is 28.9 Å². The number of hydrogen-bond acceptors (Lipinski definition) is 4. The van der Waals surface area contributed by atoms with E-state index in [1.807, 2.05) is 54.8 Å². The molecule has 2 N–H and O–H groups in total. The van der Waals surface area contributed by atoms with E-state index in [-0.39, 0.29) is 11.9 Å². The molecule has 1 unspecified atom stereocenters. The number of carbonyl (C=O) groups excluding carboxylic acids is 1. The lowest BCUT2D eigenvalue weighted by Crippen LogP contribution is -2.27. The Kier molecular flexibility index (Phi) is 6.66. The van der Waals surface area contributed by atoms with E-state index in [0.29, 0.717) is 30.2 Å². The molecule has 6 nitrogen and oxygen atoms in total. The van der Waals surface area contributed by atoms with Crippen molar-refractivity contribution in [1.29, 1.82) is 0 Å². The number of benzene rings is 3. The van der Waals surface area contributed by atoms with Crippen molar-refractivity contribution < 1.29 is 9.53 Å². The third kappa shape index (κ3) is 4.89. The lowest BCUT2D eigenvalue weighted by Gasteiger charge is -2.15. The lowest BCUT2D eigenvalue weighted by molar-refractivity contribution is -0.121. The summed E-state index contributed by atoms with van der Waals surface area (Å²) in [6.07, 6.45) is 0.301. The Bertz CT molecular complexity index is 1280. The number of ether oxygens (including phenoxy) is 1. The van der Waals surface area contributed by atoms with Crippen LogP contribution in [-0.2, 0) is 11.3 Å². The van der Waals surface area contributed by atoms with E-state index in [0.717, 1.165) is 22.3 Å². The number of carbonyl (C=O) groups is 1. The number of aromatic nitrogens is 3. The van der Waals surface area contributed by atoms with E-state index >= 15 is 0 Å². The zero-order valence-corrected chi connectivity index (χ0v) is 19.0. The molecule has 1 heterocycles. The smallest absolute Gasteiger partial charge is 0.222 e. The van der Waals surface area contributed by atoms with Gasteiger partial charge in [-0.2, -0.15) is 5.10 Å². The third-order valence-corrected chi connectivity index (χ3v) is 5.71. The van der Waals surface area contributed by atoms with Crippen LogP contribution < -0.4 is 10.1 Å². The maximum atomic E-state index is 12.7. The van der Waals surface area contributed by atoms with Gasteiger partial charge in [0.15, 0.2) is 10.6 Å². The quantitative estimate of drug-likeness (QED) is 0.354. The van der Waals surface area contributed by atoms with Crippen molar-refractivity contribution in [3.63, 3.8) is 0 Å². The molecular formula is C25H26N4O2S. The molecule has 1 aromatic heterocycles. The van der Waals surface area contributed by atoms with Crippen LogP contribution in [0, 0.1) is 4.77 Å². The first-order chi connectivity index (χ1) is 15.5. The first kappa shape index (κ1) is 21.8. The van der Waals surface area contributed by atoms with Gasteiger partial charge in [0.2, 0.25) is 5.91 Å². The molecule has 164 valence electrons. The first-order valence-electron chi connectivity index (χ1n) is 10.7. The van der Waals surface area contributed by atoms with Gasteiger partial charge in [-0.1, -0.05) is 36.4 Å². The first-order valence-corrected chi connectivity index (χ1v) is 11.1. The van der Waals surface area contributed by atoms with Crippen LogP contribution in [0.15, 0.2) is 66.7 Å². The normalized spacial score (nSPS) is 11.9. The molecule has 0 fully saturated rings. The summed E-state index contributed by atoms with van der Waals surface area (Å²) in [6, 6.07) is 22.1. The predicted octanol–water partition coefficient (Wildman–Crippen LogP) is 5.43. The minimum Gasteiger partial charge on any atom is -0.494 e. The highest BCUT2D eigenvalue weighted by Gasteiger charge is 2.13. The summed E-state index contributed by atoms with van der Waals surface area (Å²) in [5.74, 6) is 1.47. The molecule has 0 radical (unpaired) electrons. The van der Waals surface area contributed by atoms with Crippen LogP contribution in [0.4, 0.5) is 0 Å². The molecule has 0 saturated carbocycles. The van der Waals surface area contributed by atoms with Crippen molar-refractivity contribution in [1.82, 2.24) is 20.1 Å². The van der Waals surface area contributed by atoms with Crippen LogP contribution in [0.1, 0.15) is 31.9 Å². The number of aromatic amines is 1. The summed E-state index contributed by atoms with van der Waals surface area (Å²) < 4.78 is 7.84. The molecular weight excluding hydrogens is 420 g/mol. The summed E-state index contributed by atoms with van der Waals surface area (Å²) in [7, 11) is 0. The van der Waals surface area contributed by atoms with Crippen molar-refractivity contribution in [3.8, 4) is 17.1 Å². The van der Waals surface area contributed by atoms with Gasteiger partial charge in [0.25, 0.3) is 0 Å². The Labute approximate surface area is 192 Å². The number of hydrogen-bond donors (Lipinski definition) is 2. The molecule has 4 rings (SSSR count). The second-order valence-electron chi connectivity index (χ2n) is 7.61. The van der Waals surface area contributed by atoms with Crippen LogP contribution in [0.2, 0.25) is 0 Å². The molecule has 0 bridgehead atoms. The van der Waals surface area contributed by atoms with E-state index in [4.69, 9.17) is 17.0 Å². The summed E-state index contributed by atoms with van der Waals surface area (Å²) in [4.78, 5) is 12.7. The predicted molar refractivity (Wildman–Crippen MR) is 129 cm³/mol. The van der Waals surface area contributed by atoms with E-state index < -0.39 is 0 Å². The second kappa shape index (κ2) is 9.78. The van der Waals surface area contributed by atoms with E-state index in [9.17, 15) is 4.79 Å². The van der Waals surface area contributed by atoms with Gasteiger partial charge in [0, 0.05) is 18.5 Å². The molecule has 0 aliphatic carbocycles. The molecule has 32 heavy (non-hydrogen) atoms. The summed E-state index contributed by atoms with van der Waals surface area (Å²) in [5, 5.41) is 12.6.